The van der Waals surface area contributed by atoms with Crippen LogP contribution < -0.4 is 5.56 Å². The average molecular weight is 380 g/mol. The summed E-state index contributed by atoms with van der Waals surface area (Å²) in [5, 5.41) is 16.9. The van der Waals surface area contributed by atoms with Gasteiger partial charge in [0.15, 0.2) is 0 Å². The zero-order chi connectivity index (χ0) is 19.8. The van der Waals surface area contributed by atoms with Gasteiger partial charge in [0.2, 0.25) is 0 Å². The first kappa shape index (κ1) is 17.5. The number of aromatic nitrogens is 4. The Morgan fingerprint density at radius 1 is 1.29 bits per heavy atom. The first-order valence-corrected chi connectivity index (χ1v) is 8.45. The number of esters is 1. The third-order valence-corrected chi connectivity index (χ3v) is 4.72. The third kappa shape index (κ3) is 2.82. The molecular weight excluding hydrogens is 364 g/mol. The SMILES string of the molecule is COC(=O)c1cn([C@H](Cc2c[nH]c3ccccc23)C(=O)O)cc2c(=O)[nH]nc1-2. The van der Waals surface area contributed by atoms with Crippen LogP contribution in [0.1, 0.15) is 22.0 Å². The van der Waals surface area contributed by atoms with E-state index in [1.807, 2.05) is 24.3 Å². The lowest BCUT2D eigenvalue weighted by molar-refractivity contribution is -0.140. The maximum absolute atomic E-state index is 12.1. The van der Waals surface area contributed by atoms with Crippen LogP contribution in [0.4, 0.5) is 0 Å². The molecule has 3 heterocycles. The van der Waals surface area contributed by atoms with Crippen molar-refractivity contribution in [3.8, 4) is 11.3 Å². The van der Waals surface area contributed by atoms with E-state index >= 15 is 0 Å². The number of carbonyl (C=O) groups is 2. The Morgan fingerprint density at radius 3 is 2.82 bits per heavy atom. The summed E-state index contributed by atoms with van der Waals surface area (Å²) in [7, 11) is 1.21. The molecule has 9 nitrogen and oxygen atoms in total. The molecule has 0 aliphatic carbocycles. The quantitative estimate of drug-likeness (QED) is 0.453. The lowest BCUT2D eigenvalue weighted by atomic mass is 10.0. The monoisotopic (exact) mass is 380 g/mol. The van der Waals surface area contributed by atoms with Gasteiger partial charge in [-0.25, -0.2) is 14.7 Å². The molecule has 2 aliphatic heterocycles. The van der Waals surface area contributed by atoms with Crippen molar-refractivity contribution >= 4 is 22.8 Å². The van der Waals surface area contributed by atoms with E-state index in [4.69, 9.17) is 4.74 Å². The van der Waals surface area contributed by atoms with Gasteiger partial charge in [-0.2, -0.15) is 5.10 Å². The maximum atomic E-state index is 12.1. The second-order valence-electron chi connectivity index (χ2n) is 6.34. The number of carboxylic acid groups (broad SMARTS) is 1. The zero-order valence-electron chi connectivity index (χ0n) is 14.8. The van der Waals surface area contributed by atoms with Crippen LogP contribution in [-0.2, 0) is 16.0 Å². The standard InChI is InChI=1S/C19H16N4O5/c1-28-19(27)13-9-23(8-12-16(13)21-22-17(12)24)15(18(25)26)6-10-7-20-14-5-3-2-4-11(10)14/h2-5,7-9,15,20H,6H2,1H3,(H,22,24)(H,25,26)/t15-/m1/s1. The van der Waals surface area contributed by atoms with E-state index in [9.17, 15) is 19.5 Å². The number of hydrogen-bond donors (Lipinski definition) is 3. The molecule has 142 valence electrons. The highest BCUT2D eigenvalue weighted by Gasteiger charge is 2.27. The van der Waals surface area contributed by atoms with Crippen molar-refractivity contribution in [3.05, 3.63) is 64.3 Å². The number of carbonyl (C=O) groups excluding carboxylic acids is 1. The number of methoxy groups -OCH3 is 1. The van der Waals surface area contributed by atoms with Crippen LogP contribution in [0, 0.1) is 0 Å². The van der Waals surface area contributed by atoms with Crippen molar-refractivity contribution in [1.82, 2.24) is 19.7 Å². The first-order chi connectivity index (χ1) is 13.5. The van der Waals surface area contributed by atoms with Crippen LogP contribution in [0.25, 0.3) is 22.2 Å². The minimum atomic E-state index is -1.10. The van der Waals surface area contributed by atoms with Crippen molar-refractivity contribution in [2.45, 2.75) is 12.5 Å². The van der Waals surface area contributed by atoms with Gasteiger partial charge in [-0.15, -0.1) is 0 Å². The number of para-hydroxylation sites is 1. The van der Waals surface area contributed by atoms with Gasteiger partial charge in [-0.3, -0.25) is 4.79 Å². The van der Waals surface area contributed by atoms with Gasteiger partial charge in [-0.1, -0.05) is 18.2 Å². The van der Waals surface area contributed by atoms with Gasteiger partial charge >= 0.3 is 11.9 Å². The predicted molar refractivity (Wildman–Crippen MR) is 99.5 cm³/mol. The van der Waals surface area contributed by atoms with Crippen molar-refractivity contribution in [2.24, 2.45) is 0 Å². The molecule has 9 heteroatoms. The molecule has 0 fully saturated rings. The van der Waals surface area contributed by atoms with E-state index < -0.39 is 23.5 Å². The number of rotatable bonds is 5. The fourth-order valence-electron chi connectivity index (χ4n) is 3.32. The van der Waals surface area contributed by atoms with Crippen LogP contribution in [0.5, 0.6) is 0 Å². The number of H-pyrrole nitrogens is 2. The molecule has 0 saturated heterocycles. The minimum absolute atomic E-state index is 0.0172. The summed E-state index contributed by atoms with van der Waals surface area (Å²) in [6.45, 7) is 0. The van der Waals surface area contributed by atoms with Gasteiger partial charge in [0.05, 0.1) is 12.7 Å². The Labute approximate surface area is 157 Å². The van der Waals surface area contributed by atoms with Crippen molar-refractivity contribution < 1.29 is 19.4 Å². The van der Waals surface area contributed by atoms with E-state index in [1.165, 1.54) is 24.1 Å². The van der Waals surface area contributed by atoms with Crippen LogP contribution >= 0.6 is 0 Å². The van der Waals surface area contributed by atoms with E-state index in [2.05, 4.69) is 15.2 Å². The molecule has 0 spiro atoms. The second kappa shape index (κ2) is 6.69. The number of nitrogens with one attached hydrogen (secondary N) is 2. The van der Waals surface area contributed by atoms with Crippen LogP contribution in [0.15, 0.2) is 47.7 Å². The molecule has 0 saturated carbocycles. The molecular formula is C19H16N4O5. The summed E-state index contributed by atoms with van der Waals surface area (Å²) >= 11 is 0. The van der Waals surface area contributed by atoms with Crippen LogP contribution in [-0.4, -0.2) is 43.9 Å². The van der Waals surface area contributed by atoms with Crippen molar-refractivity contribution in [3.63, 3.8) is 0 Å². The molecule has 1 aromatic heterocycles. The largest absolute Gasteiger partial charge is 0.480 e. The molecule has 0 amide bonds. The number of pyridine rings is 1. The summed E-state index contributed by atoms with van der Waals surface area (Å²) in [4.78, 5) is 39.3. The molecule has 2 aliphatic rings. The zero-order valence-corrected chi connectivity index (χ0v) is 14.8. The molecule has 0 radical (unpaired) electrons. The van der Waals surface area contributed by atoms with Gasteiger partial charge < -0.3 is 19.4 Å². The number of nitrogens with zero attached hydrogens (tertiary/aromatic N) is 2. The van der Waals surface area contributed by atoms with Crippen LogP contribution in [0.3, 0.4) is 0 Å². The summed E-state index contributed by atoms with van der Waals surface area (Å²) in [5.41, 5.74) is 1.48. The van der Waals surface area contributed by atoms with E-state index in [1.54, 1.807) is 6.20 Å². The summed E-state index contributed by atoms with van der Waals surface area (Å²) in [6.07, 6.45) is 4.66. The molecule has 1 atom stereocenters. The Kier molecular flexibility index (Phi) is 4.19. The number of carboxylic acids is 1. The smallest absolute Gasteiger partial charge is 0.341 e. The highest BCUT2D eigenvalue weighted by atomic mass is 16.5. The number of benzene rings is 1. The number of fused-ring (bicyclic) bond motifs is 2. The van der Waals surface area contributed by atoms with E-state index in [0.717, 1.165) is 16.5 Å². The summed E-state index contributed by atoms with van der Waals surface area (Å²) < 4.78 is 6.09. The van der Waals surface area contributed by atoms with Gasteiger partial charge in [-0.05, 0) is 11.6 Å². The Bertz CT molecular complexity index is 1220. The molecule has 3 N–H and O–H groups in total. The van der Waals surface area contributed by atoms with Gasteiger partial charge in [0.25, 0.3) is 5.56 Å². The number of aromatic amines is 2. The molecule has 0 unspecified atom stereocenters. The highest BCUT2D eigenvalue weighted by Crippen LogP contribution is 2.27. The van der Waals surface area contributed by atoms with Gasteiger partial charge in [0.1, 0.15) is 17.3 Å². The molecule has 28 heavy (non-hydrogen) atoms. The lowest BCUT2D eigenvalue weighted by Crippen LogP contribution is -2.23. The number of ether oxygens (including phenoxy) is 1. The van der Waals surface area contributed by atoms with Crippen molar-refractivity contribution in [1.29, 1.82) is 0 Å². The maximum Gasteiger partial charge on any atom is 0.341 e. The van der Waals surface area contributed by atoms with E-state index in [0.29, 0.717) is 0 Å². The predicted octanol–water partition coefficient (Wildman–Crippen LogP) is 1.81. The normalized spacial score (nSPS) is 12.3. The van der Waals surface area contributed by atoms with Crippen LogP contribution in [0.2, 0.25) is 0 Å². The minimum Gasteiger partial charge on any atom is -0.480 e. The number of aliphatic carboxylic acids is 1. The fraction of sp³-hybridized carbons (Fsp3) is 0.158. The fourth-order valence-corrected chi connectivity index (χ4v) is 3.32. The third-order valence-electron chi connectivity index (χ3n) is 4.72. The highest BCUT2D eigenvalue weighted by molar-refractivity contribution is 5.96. The van der Waals surface area contributed by atoms with Gasteiger partial charge in [0, 0.05) is 35.9 Å². The molecule has 2 aromatic rings. The Balaban J connectivity index is 1.84. The molecule has 4 rings (SSSR count). The lowest BCUT2D eigenvalue weighted by Gasteiger charge is -2.18. The summed E-state index contributed by atoms with van der Waals surface area (Å²) in [6, 6.07) is 6.52. The Hall–Kier alpha value is -3.88. The first-order valence-electron chi connectivity index (χ1n) is 8.45. The molecule has 0 bridgehead atoms. The van der Waals surface area contributed by atoms with E-state index in [-0.39, 0.29) is 23.2 Å². The second-order valence-corrected chi connectivity index (χ2v) is 6.34. The average Bonchev–Trinajstić information content (AvgIpc) is 3.28. The molecule has 1 aromatic carbocycles. The van der Waals surface area contributed by atoms with Crippen molar-refractivity contribution in [2.75, 3.05) is 7.11 Å². The Morgan fingerprint density at radius 2 is 2.07 bits per heavy atom. The summed E-state index contributed by atoms with van der Waals surface area (Å²) in [5.74, 6) is -1.80. The topological polar surface area (TPSA) is 130 Å². The number of hydrogen-bond acceptors (Lipinski definition) is 5.